The first-order valence-electron chi connectivity index (χ1n) is 6.61. The molecule has 0 spiro atoms. The van der Waals surface area contributed by atoms with Gasteiger partial charge in [0.2, 0.25) is 5.91 Å². The van der Waals surface area contributed by atoms with Crippen LogP contribution in [0.2, 0.25) is 0 Å². The molecule has 2 atom stereocenters. The van der Waals surface area contributed by atoms with Crippen LogP contribution in [0.3, 0.4) is 0 Å². The fourth-order valence-corrected chi connectivity index (χ4v) is 2.79. The van der Waals surface area contributed by atoms with Gasteiger partial charge in [-0.15, -0.1) is 0 Å². The number of piperidine rings is 1. The highest BCUT2D eigenvalue weighted by molar-refractivity contribution is 5.77. The number of nitrogens with zero attached hydrogens (tertiary/aromatic N) is 1. The molecule has 1 aromatic rings. The molecular formula is C14H13F6NO. The summed E-state index contributed by atoms with van der Waals surface area (Å²) >= 11 is 0. The molecule has 2 nitrogen and oxygen atoms in total. The second-order valence-electron chi connectivity index (χ2n) is 5.31. The number of carbonyl (C=O) groups excluding carboxylic acids is 1. The minimum absolute atomic E-state index is 0.0359. The first-order chi connectivity index (χ1) is 10.1. The lowest BCUT2D eigenvalue weighted by molar-refractivity contribution is -0.169. The van der Waals surface area contributed by atoms with Gasteiger partial charge in [0, 0.05) is 24.4 Å². The summed E-state index contributed by atoms with van der Waals surface area (Å²) in [5.74, 6) is -5.31. The van der Waals surface area contributed by atoms with Gasteiger partial charge in [-0.05, 0) is 25.0 Å². The van der Waals surface area contributed by atoms with Crippen molar-refractivity contribution >= 4 is 5.91 Å². The number of halogens is 6. The zero-order valence-corrected chi connectivity index (χ0v) is 11.6. The Kier molecular flexibility index (Phi) is 4.39. The van der Waals surface area contributed by atoms with Crippen LogP contribution in [-0.4, -0.2) is 29.6 Å². The van der Waals surface area contributed by atoms with E-state index in [0.29, 0.717) is 11.0 Å². The lowest BCUT2D eigenvalue weighted by Crippen LogP contribution is -2.50. The number of amides is 1. The fraction of sp³-hybridized carbons (Fsp3) is 0.500. The van der Waals surface area contributed by atoms with E-state index in [1.807, 2.05) is 0 Å². The normalized spacial score (nSPS) is 23.0. The quantitative estimate of drug-likeness (QED) is 0.599. The minimum Gasteiger partial charge on any atom is -0.330 e. The van der Waals surface area contributed by atoms with Crippen molar-refractivity contribution in [2.24, 2.45) is 0 Å². The van der Waals surface area contributed by atoms with Crippen LogP contribution in [0.25, 0.3) is 0 Å². The predicted octanol–water partition coefficient (Wildman–Crippen LogP) is 3.76. The predicted molar refractivity (Wildman–Crippen MR) is 65.5 cm³/mol. The van der Waals surface area contributed by atoms with E-state index in [2.05, 4.69) is 0 Å². The number of carbonyl (C=O) groups is 1. The van der Waals surface area contributed by atoms with Gasteiger partial charge in [0.1, 0.15) is 12.4 Å². The molecule has 1 aliphatic rings. The molecule has 22 heavy (non-hydrogen) atoms. The molecule has 122 valence electrons. The van der Waals surface area contributed by atoms with Crippen LogP contribution in [0.1, 0.15) is 31.2 Å². The van der Waals surface area contributed by atoms with Crippen LogP contribution < -0.4 is 0 Å². The smallest absolute Gasteiger partial charge is 0.330 e. The Morgan fingerprint density at radius 3 is 2.45 bits per heavy atom. The molecule has 0 aliphatic carbocycles. The number of rotatable bonds is 2. The standard InChI is InChI=1S/C14H13F6NO/c1-7-9(10-4-8(15)5-11(16)13(10)17)2-3-12(22)21(7)6-14(18,19)20/h4-5,7,9H,2-3,6H2,1H3/t7-,9-/m0/s1. The summed E-state index contributed by atoms with van der Waals surface area (Å²) in [7, 11) is 0. The SMILES string of the molecule is C[C@H]1[C@@H](c2cc(F)cc(F)c2F)CCC(=O)N1CC(F)(F)F. The van der Waals surface area contributed by atoms with Gasteiger partial charge in [0.25, 0.3) is 0 Å². The fourth-order valence-electron chi connectivity index (χ4n) is 2.79. The van der Waals surface area contributed by atoms with Crippen molar-refractivity contribution in [2.45, 2.75) is 37.9 Å². The summed E-state index contributed by atoms with van der Waals surface area (Å²) in [5.41, 5.74) is -0.343. The first kappa shape index (κ1) is 16.6. The van der Waals surface area contributed by atoms with Crippen LogP contribution in [-0.2, 0) is 4.79 Å². The summed E-state index contributed by atoms with van der Waals surface area (Å²) in [5, 5.41) is 0. The molecule has 1 amide bonds. The van der Waals surface area contributed by atoms with E-state index < -0.39 is 48.0 Å². The van der Waals surface area contributed by atoms with Crippen molar-refractivity contribution in [3.05, 3.63) is 35.1 Å². The average molecular weight is 325 g/mol. The second-order valence-corrected chi connectivity index (χ2v) is 5.31. The topological polar surface area (TPSA) is 20.3 Å². The molecule has 1 saturated heterocycles. The maximum atomic E-state index is 13.8. The van der Waals surface area contributed by atoms with Crippen molar-refractivity contribution in [3.8, 4) is 0 Å². The summed E-state index contributed by atoms with van der Waals surface area (Å²) in [6.45, 7) is -0.154. The summed E-state index contributed by atoms with van der Waals surface area (Å²) in [6.07, 6.45) is -4.80. The summed E-state index contributed by atoms with van der Waals surface area (Å²) < 4.78 is 78.0. The minimum atomic E-state index is -4.60. The Morgan fingerprint density at radius 1 is 1.23 bits per heavy atom. The number of alkyl halides is 3. The molecule has 1 aliphatic heterocycles. The molecule has 0 aromatic heterocycles. The molecule has 0 unspecified atom stereocenters. The molecule has 8 heteroatoms. The maximum Gasteiger partial charge on any atom is 0.406 e. The lowest BCUT2D eigenvalue weighted by atomic mass is 9.83. The lowest BCUT2D eigenvalue weighted by Gasteiger charge is -2.39. The molecule has 1 aromatic carbocycles. The average Bonchev–Trinajstić information content (AvgIpc) is 2.38. The van der Waals surface area contributed by atoms with E-state index in [0.717, 1.165) is 6.07 Å². The highest BCUT2D eigenvalue weighted by Gasteiger charge is 2.41. The van der Waals surface area contributed by atoms with Gasteiger partial charge in [-0.25, -0.2) is 13.2 Å². The zero-order chi connectivity index (χ0) is 16.7. The Balaban J connectivity index is 2.35. The van der Waals surface area contributed by atoms with E-state index in [-0.39, 0.29) is 18.4 Å². The Labute approximate surface area is 122 Å². The van der Waals surface area contributed by atoms with E-state index in [9.17, 15) is 31.1 Å². The number of likely N-dealkylation sites (tertiary alicyclic amines) is 1. The zero-order valence-electron chi connectivity index (χ0n) is 11.6. The van der Waals surface area contributed by atoms with Gasteiger partial charge >= 0.3 is 6.18 Å². The van der Waals surface area contributed by atoms with Gasteiger partial charge in [0.15, 0.2) is 11.6 Å². The third-order valence-corrected chi connectivity index (χ3v) is 3.83. The Bertz CT molecular complexity index is 585. The van der Waals surface area contributed by atoms with Gasteiger partial charge < -0.3 is 4.90 Å². The van der Waals surface area contributed by atoms with Crippen LogP contribution in [0, 0.1) is 17.5 Å². The number of benzene rings is 1. The van der Waals surface area contributed by atoms with Crippen LogP contribution >= 0.6 is 0 Å². The molecule has 1 fully saturated rings. The van der Waals surface area contributed by atoms with Gasteiger partial charge in [-0.2, -0.15) is 13.2 Å². The van der Waals surface area contributed by atoms with Crippen molar-refractivity contribution in [2.75, 3.05) is 6.54 Å². The summed E-state index contributed by atoms with van der Waals surface area (Å²) in [4.78, 5) is 12.2. The van der Waals surface area contributed by atoms with Crippen molar-refractivity contribution in [1.82, 2.24) is 4.90 Å². The van der Waals surface area contributed by atoms with E-state index in [4.69, 9.17) is 0 Å². The highest BCUT2D eigenvalue weighted by Crippen LogP contribution is 2.36. The third kappa shape index (κ3) is 3.36. The number of hydrogen-bond donors (Lipinski definition) is 0. The molecular weight excluding hydrogens is 312 g/mol. The van der Waals surface area contributed by atoms with Gasteiger partial charge in [0.05, 0.1) is 0 Å². The number of hydrogen-bond acceptors (Lipinski definition) is 1. The molecule has 0 bridgehead atoms. The van der Waals surface area contributed by atoms with Crippen LogP contribution in [0.15, 0.2) is 12.1 Å². The molecule has 0 N–H and O–H groups in total. The maximum absolute atomic E-state index is 13.8. The van der Waals surface area contributed by atoms with E-state index in [1.165, 1.54) is 6.92 Å². The Morgan fingerprint density at radius 2 is 1.86 bits per heavy atom. The third-order valence-electron chi connectivity index (χ3n) is 3.83. The Hall–Kier alpha value is -1.73. The molecule has 0 saturated carbocycles. The summed E-state index contributed by atoms with van der Waals surface area (Å²) in [6, 6.07) is 0.116. The van der Waals surface area contributed by atoms with Crippen molar-refractivity contribution < 1.29 is 31.1 Å². The highest BCUT2D eigenvalue weighted by atomic mass is 19.4. The first-order valence-corrected chi connectivity index (χ1v) is 6.61. The van der Waals surface area contributed by atoms with Crippen molar-refractivity contribution in [3.63, 3.8) is 0 Å². The van der Waals surface area contributed by atoms with E-state index in [1.54, 1.807) is 0 Å². The molecule has 0 radical (unpaired) electrons. The molecule has 2 rings (SSSR count). The van der Waals surface area contributed by atoms with E-state index >= 15 is 0 Å². The second kappa shape index (κ2) is 5.81. The monoisotopic (exact) mass is 325 g/mol. The molecule has 1 heterocycles. The van der Waals surface area contributed by atoms with Crippen LogP contribution in [0.5, 0.6) is 0 Å². The van der Waals surface area contributed by atoms with Gasteiger partial charge in [-0.1, -0.05) is 0 Å². The van der Waals surface area contributed by atoms with Crippen LogP contribution in [0.4, 0.5) is 26.3 Å². The van der Waals surface area contributed by atoms with Gasteiger partial charge in [-0.3, -0.25) is 4.79 Å². The largest absolute Gasteiger partial charge is 0.406 e. The van der Waals surface area contributed by atoms with Crippen molar-refractivity contribution in [1.29, 1.82) is 0 Å².